The SMILES string of the molecule is Cc1cnc([C@H]2CC[C@@H](NC(=O)OC(C)(C)C)C2)o1. The third-order valence-corrected chi connectivity index (χ3v) is 3.14. The van der Waals surface area contributed by atoms with Crippen molar-refractivity contribution in [2.75, 3.05) is 0 Å². The summed E-state index contributed by atoms with van der Waals surface area (Å²) in [5, 5.41) is 2.91. The molecule has 0 aliphatic heterocycles. The summed E-state index contributed by atoms with van der Waals surface area (Å²) in [5.74, 6) is 1.91. The molecule has 0 radical (unpaired) electrons. The van der Waals surface area contributed by atoms with E-state index >= 15 is 0 Å². The van der Waals surface area contributed by atoms with Crippen molar-refractivity contribution in [1.82, 2.24) is 10.3 Å². The fourth-order valence-corrected chi connectivity index (χ4v) is 2.37. The van der Waals surface area contributed by atoms with Crippen molar-refractivity contribution in [2.45, 2.75) is 64.5 Å². The van der Waals surface area contributed by atoms with E-state index in [2.05, 4.69) is 10.3 Å². The molecule has 0 saturated heterocycles. The predicted molar refractivity (Wildman–Crippen MR) is 71.0 cm³/mol. The molecule has 5 nitrogen and oxygen atoms in total. The van der Waals surface area contributed by atoms with Crippen LogP contribution in [-0.4, -0.2) is 22.7 Å². The Morgan fingerprint density at radius 1 is 1.47 bits per heavy atom. The Balaban J connectivity index is 1.84. The summed E-state index contributed by atoms with van der Waals surface area (Å²) < 4.78 is 10.8. The van der Waals surface area contributed by atoms with Gasteiger partial charge in [-0.1, -0.05) is 0 Å². The van der Waals surface area contributed by atoms with Gasteiger partial charge in [0.1, 0.15) is 11.4 Å². The number of ether oxygens (including phenoxy) is 1. The third-order valence-electron chi connectivity index (χ3n) is 3.14. The quantitative estimate of drug-likeness (QED) is 0.893. The third kappa shape index (κ3) is 3.98. The number of alkyl carbamates (subject to hydrolysis) is 1. The first-order valence-electron chi connectivity index (χ1n) is 6.75. The van der Waals surface area contributed by atoms with Crippen molar-refractivity contribution in [3.8, 4) is 0 Å². The Morgan fingerprint density at radius 3 is 2.79 bits per heavy atom. The van der Waals surface area contributed by atoms with E-state index in [1.54, 1.807) is 6.20 Å². The molecule has 1 fully saturated rings. The van der Waals surface area contributed by atoms with Crippen molar-refractivity contribution >= 4 is 6.09 Å². The molecule has 106 valence electrons. The smallest absolute Gasteiger partial charge is 0.407 e. The molecule has 1 aromatic rings. The monoisotopic (exact) mass is 266 g/mol. The molecule has 1 aromatic heterocycles. The molecule has 0 bridgehead atoms. The van der Waals surface area contributed by atoms with Gasteiger partial charge in [-0.05, 0) is 47.0 Å². The number of aryl methyl sites for hydroxylation is 1. The number of nitrogens with one attached hydrogen (secondary N) is 1. The molecule has 2 atom stereocenters. The first-order chi connectivity index (χ1) is 8.83. The number of amides is 1. The highest BCUT2D eigenvalue weighted by molar-refractivity contribution is 5.68. The minimum atomic E-state index is -0.457. The number of carbonyl (C=O) groups is 1. The van der Waals surface area contributed by atoms with Crippen molar-refractivity contribution in [3.05, 3.63) is 17.8 Å². The number of oxazole rings is 1. The van der Waals surface area contributed by atoms with E-state index in [1.165, 1.54) is 0 Å². The van der Waals surface area contributed by atoms with Crippen molar-refractivity contribution in [1.29, 1.82) is 0 Å². The molecule has 0 spiro atoms. The maximum atomic E-state index is 11.7. The zero-order chi connectivity index (χ0) is 14.0. The average molecular weight is 266 g/mol. The van der Waals surface area contributed by atoms with Crippen molar-refractivity contribution < 1.29 is 13.9 Å². The first kappa shape index (κ1) is 13.9. The lowest BCUT2D eigenvalue weighted by atomic mass is 10.1. The number of rotatable bonds is 2. The first-order valence-corrected chi connectivity index (χ1v) is 6.75. The van der Waals surface area contributed by atoms with Gasteiger partial charge in [-0.15, -0.1) is 0 Å². The molecular weight excluding hydrogens is 244 g/mol. The summed E-state index contributed by atoms with van der Waals surface area (Å²) in [4.78, 5) is 15.9. The van der Waals surface area contributed by atoms with Crippen LogP contribution in [0.15, 0.2) is 10.6 Å². The lowest BCUT2D eigenvalue weighted by molar-refractivity contribution is 0.0505. The second kappa shape index (κ2) is 5.23. The molecule has 1 amide bonds. The minimum absolute atomic E-state index is 0.145. The summed E-state index contributed by atoms with van der Waals surface area (Å²) in [5.41, 5.74) is -0.457. The van der Waals surface area contributed by atoms with Gasteiger partial charge in [0.2, 0.25) is 0 Å². The number of carbonyl (C=O) groups excluding carboxylic acids is 1. The molecule has 2 rings (SSSR count). The van der Waals surface area contributed by atoms with Crippen LogP contribution in [0, 0.1) is 6.92 Å². The van der Waals surface area contributed by atoms with E-state index in [9.17, 15) is 4.79 Å². The van der Waals surface area contributed by atoms with Crippen LogP contribution >= 0.6 is 0 Å². The van der Waals surface area contributed by atoms with E-state index in [1.807, 2.05) is 27.7 Å². The summed E-state index contributed by atoms with van der Waals surface area (Å²) >= 11 is 0. The zero-order valence-corrected chi connectivity index (χ0v) is 12.0. The highest BCUT2D eigenvalue weighted by Gasteiger charge is 2.31. The van der Waals surface area contributed by atoms with E-state index in [0.717, 1.165) is 30.9 Å². The van der Waals surface area contributed by atoms with Crippen LogP contribution in [0.1, 0.15) is 57.6 Å². The van der Waals surface area contributed by atoms with Crippen LogP contribution in [0.2, 0.25) is 0 Å². The number of hydrogen-bond donors (Lipinski definition) is 1. The van der Waals surface area contributed by atoms with E-state index in [0.29, 0.717) is 5.92 Å². The second-order valence-electron chi connectivity index (χ2n) is 6.16. The summed E-state index contributed by atoms with van der Waals surface area (Å²) in [6.45, 7) is 7.47. The van der Waals surface area contributed by atoms with Gasteiger partial charge in [0.25, 0.3) is 0 Å². The van der Waals surface area contributed by atoms with Crippen LogP contribution in [-0.2, 0) is 4.74 Å². The molecule has 5 heteroatoms. The summed E-state index contributed by atoms with van der Waals surface area (Å²) in [6, 6.07) is 0.145. The van der Waals surface area contributed by atoms with Crippen LogP contribution in [0.25, 0.3) is 0 Å². The van der Waals surface area contributed by atoms with E-state index < -0.39 is 5.60 Å². The highest BCUT2D eigenvalue weighted by atomic mass is 16.6. The van der Waals surface area contributed by atoms with Gasteiger partial charge >= 0.3 is 6.09 Å². The van der Waals surface area contributed by atoms with Gasteiger partial charge in [-0.25, -0.2) is 9.78 Å². The van der Waals surface area contributed by atoms with Crippen molar-refractivity contribution in [2.24, 2.45) is 0 Å². The van der Waals surface area contributed by atoms with Gasteiger partial charge in [0, 0.05) is 12.0 Å². The van der Waals surface area contributed by atoms with Crippen molar-refractivity contribution in [3.63, 3.8) is 0 Å². The largest absolute Gasteiger partial charge is 0.446 e. The topological polar surface area (TPSA) is 64.4 Å². The maximum absolute atomic E-state index is 11.7. The van der Waals surface area contributed by atoms with Crippen LogP contribution < -0.4 is 5.32 Å². The van der Waals surface area contributed by atoms with Gasteiger partial charge in [-0.3, -0.25) is 0 Å². The summed E-state index contributed by atoms with van der Waals surface area (Å²) in [6.07, 6.45) is 4.18. The lowest BCUT2D eigenvalue weighted by Crippen LogP contribution is -2.37. The molecular formula is C14H22N2O3. The molecule has 19 heavy (non-hydrogen) atoms. The molecule has 1 N–H and O–H groups in total. The number of nitrogens with zero attached hydrogens (tertiary/aromatic N) is 1. The Morgan fingerprint density at radius 2 is 2.21 bits per heavy atom. The van der Waals surface area contributed by atoms with E-state index in [-0.39, 0.29) is 12.1 Å². The highest BCUT2D eigenvalue weighted by Crippen LogP contribution is 2.34. The predicted octanol–water partition coefficient (Wildman–Crippen LogP) is 3.14. The number of aromatic nitrogens is 1. The second-order valence-corrected chi connectivity index (χ2v) is 6.16. The lowest BCUT2D eigenvalue weighted by Gasteiger charge is -2.21. The van der Waals surface area contributed by atoms with Crippen LogP contribution in [0.5, 0.6) is 0 Å². The Labute approximate surface area is 113 Å². The summed E-state index contributed by atoms with van der Waals surface area (Å²) in [7, 11) is 0. The normalized spacial score (nSPS) is 23.4. The average Bonchev–Trinajstić information content (AvgIpc) is 2.83. The Kier molecular flexibility index (Phi) is 3.83. The molecule has 0 aromatic carbocycles. The molecule has 1 heterocycles. The minimum Gasteiger partial charge on any atom is -0.446 e. The van der Waals surface area contributed by atoms with Gasteiger partial charge < -0.3 is 14.5 Å². The van der Waals surface area contributed by atoms with Crippen LogP contribution in [0.3, 0.4) is 0 Å². The molecule has 1 aliphatic carbocycles. The number of hydrogen-bond acceptors (Lipinski definition) is 4. The fraction of sp³-hybridized carbons (Fsp3) is 0.714. The maximum Gasteiger partial charge on any atom is 0.407 e. The van der Waals surface area contributed by atoms with Gasteiger partial charge in [-0.2, -0.15) is 0 Å². The standard InChI is InChI=1S/C14H22N2O3/c1-9-8-15-12(18-9)10-5-6-11(7-10)16-13(17)19-14(2,3)4/h8,10-11H,5-7H2,1-4H3,(H,16,17)/t10-,11+/m0/s1. The Hall–Kier alpha value is -1.52. The molecule has 0 unspecified atom stereocenters. The van der Waals surface area contributed by atoms with Crippen LogP contribution in [0.4, 0.5) is 4.79 Å². The van der Waals surface area contributed by atoms with Gasteiger partial charge in [0.05, 0.1) is 6.20 Å². The Bertz CT molecular complexity index is 448. The van der Waals surface area contributed by atoms with Gasteiger partial charge in [0.15, 0.2) is 5.89 Å². The molecule has 1 saturated carbocycles. The zero-order valence-electron chi connectivity index (χ0n) is 12.0. The molecule has 1 aliphatic rings. The van der Waals surface area contributed by atoms with E-state index in [4.69, 9.17) is 9.15 Å². The fourth-order valence-electron chi connectivity index (χ4n) is 2.37.